The molecule has 1 N–H and O–H groups in total. The van der Waals surface area contributed by atoms with E-state index in [1.54, 1.807) is 0 Å². The first kappa shape index (κ1) is 11.9. The van der Waals surface area contributed by atoms with Gasteiger partial charge in [-0.3, -0.25) is 4.79 Å². The molecule has 2 heterocycles. The van der Waals surface area contributed by atoms with Gasteiger partial charge in [-0.05, 0) is 6.92 Å². The summed E-state index contributed by atoms with van der Waals surface area (Å²) in [5.74, 6) is -0.0310. The van der Waals surface area contributed by atoms with E-state index in [0.29, 0.717) is 15.8 Å². The SMILES string of the molecule is CCOc1cnc(OC=C2SC(=S)NC2=O)o1. The van der Waals surface area contributed by atoms with Gasteiger partial charge >= 0.3 is 12.0 Å². The Labute approximate surface area is 106 Å². The van der Waals surface area contributed by atoms with Gasteiger partial charge in [0.25, 0.3) is 5.91 Å². The van der Waals surface area contributed by atoms with E-state index in [2.05, 4.69) is 10.3 Å². The van der Waals surface area contributed by atoms with E-state index >= 15 is 0 Å². The second-order valence-electron chi connectivity index (χ2n) is 2.82. The van der Waals surface area contributed by atoms with E-state index in [1.807, 2.05) is 6.92 Å². The molecule has 1 amide bonds. The van der Waals surface area contributed by atoms with Gasteiger partial charge in [-0.2, -0.15) is 4.98 Å². The first-order chi connectivity index (χ1) is 8.19. The Morgan fingerprint density at radius 2 is 2.53 bits per heavy atom. The molecule has 1 aliphatic rings. The average Bonchev–Trinajstić information content (AvgIpc) is 2.83. The number of hydrogen-bond donors (Lipinski definition) is 1. The van der Waals surface area contributed by atoms with Gasteiger partial charge in [-0.25, -0.2) is 0 Å². The fourth-order valence-electron chi connectivity index (χ4n) is 1.02. The van der Waals surface area contributed by atoms with Gasteiger partial charge in [0.05, 0.1) is 6.61 Å². The average molecular weight is 272 g/mol. The van der Waals surface area contributed by atoms with Crippen LogP contribution >= 0.6 is 24.0 Å². The summed E-state index contributed by atoms with van der Waals surface area (Å²) < 4.78 is 15.6. The minimum absolute atomic E-state index is 0.00664. The highest BCUT2D eigenvalue weighted by molar-refractivity contribution is 8.26. The Hall–Kier alpha value is -1.54. The maximum Gasteiger partial charge on any atom is 0.401 e. The van der Waals surface area contributed by atoms with Crippen molar-refractivity contribution in [3.8, 4) is 12.0 Å². The molecule has 6 nitrogen and oxygen atoms in total. The van der Waals surface area contributed by atoms with Gasteiger partial charge in [0.1, 0.15) is 21.7 Å². The van der Waals surface area contributed by atoms with Crippen molar-refractivity contribution in [2.45, 2.75) is 6.92 Å². The summed E-state index contributed by atoms with van der Waals surface area (Å²) >= 11 is 5.93. The van der Waals surface area contributed by atoms with Gasteiger partial charge in [0.2, 0.25) is 0 Å². The van der Waals surface area contributed by atoms with Gasteiger partial charge in [0.15, 0.2) is 0 Å². The Morgan fingerprint density at radius 3 is 3.18 bits per heavy atom. The highest BCUT2D eigenvalue weighted by Crippen LogP contribution is 2.24. The van der Waals surface area contributed by atoms with Crippen molar-refractivity contribution >= 4 is 34.2 Å². The van der Waals surface area contributed by atoms with Crippen LogP contribution in [0.15, 0.2) is 21.8 Å². The molecular weight excluding hydrogens is 264 g/mol. The second kappa shape index (κ2) is 5.19. The number of nitrogens with zero attached hydrogens (tertiary/aromatic N) is 1. The number of rotatable bonds is 4. The maximum absolute atomic E-state index is 11.3. The smallest absolute Gasteiger partial charge is 0.401 e. The van der Waals surface area contributed by atoms with Gasteiger partial charge in [0, 0.05) is 0 Å². The molecule has 0 aliphatic carbocycles. The maximum atomic E-state index is 11.3. The van der Waals surface area contributed by atoms with E-state index in [9.17, 15) is 4.79 Å². The molecule has 0 radical (unpaired) electrons. The standard InChI is InChI=1S/C9H8N2O4S2/c1-2-13-6-3-10-8(15-6)14-4-5-7(12)11-9(16)17-5/h3-4H,2H2,1H3,(H,11,12,16). The Balaban J connectivity index is 1.99. The van der Waals surface area contributed by atoms with E-state index in [1.165, 1.54) is 12.5 Å². The molecule has 0 unspecified atom stereocenters. The lowest BCUT2D eigenvalue weighted by Gasteiger charge is -1.95. The first-order valence-corrected chi connectivity index (χ1v) is 5.90. The molecule has 1 aromatic heterocycles. The van der Waals surface area contributed by atoms with Crippen molar-refractivity contribution < 1.29 is 18.7 Å². The fourth-order valence-corrected chi connectivity index (χ4v) is 1.96. The van der Waals surface area contributed by atoms with Crippen LogP contribution in [0.1, 0.15) is 6.92 Å². The fraction of sp³-hybridized carbons (Fsp3) is 0.222. The summed E-state index contributed by atoms with van der Waals surface area (Å²) in [6.45, 7) is 2.30. The largest absolute Gasteiger partial charge is 0.464 e. The van der Waals surface area contributed by atoms with Gasteiger partial charge in [-0.15, -0.1) is 0 Å². The lowest BCUT2D eigenvalue weighted by molar-refractivity contribution is -0.115. The molecule has 0 aromatic carbocycles. The van der Waals surface area contributed by atoms with Crippen molar-refractivity contribution in [1.82, 2.24) is 10.3 Å². The van der Waals surface area contributed by atoms with Crippen LogP contribution in [0, 0.1) is 0 Å². The monoisotopic (exact) mass is 272 g/mol. The minimum Gasteiger partial charge on any atom is -0.464 e. The number of nitrogens with one attached hydrogen (secondary N) is 1. The molecule has 1 fully saturated rings. The molecule has 8 heteroatoms. The molecule has 1 saturated heterocycles. The molecule has 0 bridgehead atoms. The highest BCUT2D eigenvalue weighted by Gasteiger charge is 2.23. The van der Waals surface area contributed by atoms with Crippen LogP contribution in [0.2, 0.25) is 0 Å². The van der Waals surface area contributed by atoms with Crippen LogP contribution in [0.5, 0.6) is 12.0 Å². The number of thiocarbonyl (C=S) groups is 1. The van der Waals surface area contributed by atoms with Crippen LogP contribution in [-0.4, -0.2) is 21.8 Å². The Kier molecular flexibility index (Phi) is 3.64. The third kappa shape index (κ3) is 2.98. The third-order valence-electron chi connectivity index (χ3n) is 1.66. The first-order valence-electron chi connectivity index (χ1n) is 4.67. The quantitative estimate of drug-likeness (QED) is 0.505. The number of oxazole rings is 1. The number of hydrogen-bond acceptors (Lipinski definition) is 7. The number of carbonyl (C=O) groups excluding carboxylic acids is 1. The Morgan fingerprint density at radius 1 is 1.71 bits per heavy atom. The van der Waals surface area contributed by atoms with Crippen LogP contribution in [0.25, 0.3) is 0 Å². The molecule has 0 atom stereocenters. The zero-order chi connectivity index (χ0) is 12.3. The molecule has 1 aliphatic heterocycles. The van der Waals surface area contributed by atoms with Crippen LogP contribution in [-0.2, 0) is 4.79 Å². The van der Waals surface area contributed by atoms with Crippen molar-refractivity contribution in [2.24, 2.45) is 0 Å². The van der Waals surface area contributed by atoms with Crippen LogP contribution in [0.4, 0.5) is 0 Å². The molecule has 0 spiro atoms. The highest BCUT2D eigenvalue weighted by atomic mass is 32.2. The molecule has 90 valence electrons. The lowest BCUT2D eigenvalue weighted by Crippen LogP contribution is -2.17. The molecule has 0 saturated carbocycles. The van der Waals surface area contributed by atoms with Gasteiger partial charge in [-0.1, -0.05) is 24.0 Å². The summed E-state index contributed by atoms with van der Waals surface area (Å²) in [4.78, 5) is 15.4. The summed E-state index contributed by atoms with van der Waals surface area (Å²) in [7, 11) is 0. The Bertz CT molecular complexity index is 483. The zero-order valence-corrected chi connectivity index (χ0v) is 10.4. The number of aromatic nitrogens is 1. The second-order valence-corrected chi connectivity index (χ2v) is 4.54. The minimum atomic E-state index is -0.295. The van der Waals surface area contributed by atoms with E-state index < -0.39 is 0 Å². The van der Waals surface area contributed by atoms with Crippen molar-refractivity contribution in [2.75, 3.05) is 6.61 Å². The summed E-state index contributed by atoms with van der Waals surface area (Å²) in [6, 6.07) is 0. The molecule has 1 aromatic rings. The molecule has 17 heavy (non-hydrogen) atoms. The number of thioether (sulfide) groups is 1. The van der Waals surface area contributed by atoms with Crippen LogP contribution < -0.4 is 14.8 Å². The normalized spacial score (nSPS) is 17.4. The number of amides is 1. The number of ether oxygens (including phenoxy) is 2. The molecular formula is C9H8N2O4S2. The van der Waals surface area contributed by atoms with Crippen molar-refractivity contribution in [3.63, 3.8) is 0 Å². The number of carbonyl (C=O) groups is 1. The molecule has 2 rings (SSSR count). The lowest BCUT2D eigenvalue weighted by atomic mass is 10.6. The van der Waals surface area contributed by atoms with Crippen molar-refractivity contribution in [1.29, 1.82) is 0 Å². The predicted octanol–water partition coefficient (Wildman–Crippen LogP) is 1.44. The van der Waals surface area contributed by atoms with Gasteiger partial charge < -0.3 is 19.2 Å². The zero-order valence-electron chi connectivity index (χ0n) is 8.76. The van der Waals surface area contributed by atoms with E-state index in [4.69, 9.17) is 26.1 Å². The van der Waals surface area contributed by atoms with Crippen LogP contribution in [0.3, 0.4) is 0 Å². The third-order valence-corrected chi connectivity index (χ3v) is 2.80. The topological polar surface area (TPSA) is 73.6 Å². The summed E-state index contributed by atoms with van der Waals surface area (Å²) in [6.07, 6.45) is 2.64. The predicted molar refractivity (Wildman–Crippen MR) is 64.7 cm³/mol. The van der Waals surface area contributed by atoms with E-state index in [0.717, 1.165) is 11.8 Å². The summed E-state index contributed by atoms with van der Waals surface area (Å²) in [5.41, 5.74) is 0. The summed E-state index contributed by atoms with van der Waals surface area (Å²) in [5, 5.41) is 2.46. The van der Waals surface area contributed by atoms with Crippen molar-refractivity contribution in [3.05, 3.63) is 17.4 Å². The van der Waals surface area contributed by atoms with E-state index in [-0.39, 0.29) is 17.9 Å².